The van der Waals surface area contributed by atoms with Crippen LogP contribution in [0.4, 0.5) is 28.9 Å². The maximum atomic E-state index is 15.1. The smallest absolute Gasteiger partial charge is 0.265 e. The highest BCUT2D eigenvalue weighted by molar-refractivity contribution is 7.92. The maximum Gasteiger partial charge on any atom is 0.265 e. The first-order chi connectivity index (χ1) is 15.7. The number of rotatable bonds is 6. The molecule has 4 rings (SSSR count). The van der Waals surface area contributed by atoms with E-state index >= 15 is 4.39 Å². The van der Waals surface area contributed by atoms with Crippen LogP contribution < -0.4 is 14.5 Å². The summed E-state index contributed by atoms with van der Waals surface area (Å²) in [6.07, 6.45) is 2.98. The van der Waals surface area contributed by atoms with Gasteiger partial charge in [-0.3, -0.25) is 9.71 Å². The number of anilines is 2. The molecule has 13 heteroatoms. The van der Waals surface area contributed by atoms with Gasteiger partial charge in [-0.05, 0) is 36.4 Å². The van der Waals surface area contributed by atoms with Crippen LogP contribution in [0, 0.1) is 23.3 Å². The molecule has 1 atom stereocenters. The van der Waals surface area contributed by atoms with E-state index in [1.165, 1.54) is 19.5 Å². The summed E-state index contributed by atoms with van der Waals surface area (Å²) in [4.78, 5) is 2.97. The van der Waals surface area contributed by atoms with Crippen LogP contribution in [-0.2, 0) is 10.0 Å². The van der Waals surface area contributed by atoms with E-state index in [0.29, 0.717) is 23.4 Å². The number of hydrogen-bond acceptors (Lipinski definition) is 7. The van der Waals surface area contributed by atoms with Gasteiger partial charge in [-0.2, -0.15) is 5.11 Å². The molecule has 2 aromatic carbocycles. The maximum absolute atomic E-state index is 15.1. The van der Waals surface area contributed by atoms with Crippen LogP contribution in [0.15, 0.2) is 64.0 Å². The minimum absolute atomic E-state index is 0.0720. The fourth-order valence-corrected chi connectivity index (χ4v) is 4.29. The Hall–Kier alpha value is -3.74. The van der Waals surface area contributed by atoms with Gasteiger partial charge >= 0.3 is 0 Å². The van der Waals surface area contributed by atoms with Crippen LogP contribution in [0.25, 0.3) is 0 Å². The van der Waals surface area contributed by atoms with E-state index in [9.17, 15) is 21.6 Å². The standard InChI is InChI=1S/C20H15F4N5O3S/c1-32-13-6-11(8-25-9-13)17-10-29(28-26-17)20-15(23)4-5-16(19(20)24)27-33(30,31)18-7-12(21)2-3-14(18)22/h2-9,17,27H,10H2,1H3. The molecular formula is C20H15F4N5O3S. The number of aromatic nitrogens is 1. The minimum Gasteiger partial charge on any atom is -0.495 e. The van der Waals surface area contributed by atoms with Crippen molar-refractivity contribution < 1.29 is 30.7 Å². The van der Waals surface area contributed by atoms with Gasteiger partial charge in [-0.15, -0.1) is 0 Å². The van der Waals surface area contributed by atoms with E-state index in [-0.39, 0.29) is 6.54 Å². The quantitative estimate of drug-likeness (QED) is 0.528. The van der Waals surface area contributed by atoms with Crippen molar-refractivity contribution in [1.82, 2.24) is 4.98 Å². The average Bonchev–Trinajstić information content (AvgIpc) is 3.27. The van der Waals surface area contributed by atoms with Crippen molar-refractivity contribution in [3.05, 3.63) is 77.6 Å². The van der Waals surface area contributed by atoms with E-state index in [4.69, 9.17) is 4.74 Å². The fourth-order valence-electron chi connectivity index (χ4n) is 3.14. The molecule has 8 nitrogen and oxygen atoms in total. The van der Waals surface area contributed by atoms with Crippen molar-refractivity contribution in [3.63, 3.8) is 0 Å². The Morgan fingerprint density at radius 2 is 1.82 bits per heavy atom. The molecule has 3 aromatic rings. The topological polar surface area (TPSA) is 96.2 Å². The summed E-state index contributed by atoms with van der Waals surface area (Å²) < 4.78 is 88.9. The van der Waals surface area contributed by atoms with Crippen LogP contribution in [0.3, 0.4) is 0 Å². The van der Waals surface area contributed by atoms with Crippen molar-refractivity contribution >= 4 is 21.4 Å². The Kier molecular flexibility index (Phi) is 5.89. The third-order valence-corrected chi connectivity index (χ3v) is 6.13. The second kappa shape index (κ2) is 8.65. The van der Waals surface area contributed by atoms with Crippen LogP contribution in [0.1, 0.15) is 11.6 Å². The van der Waals surface area contributed by atoms with E-state index in [0.717, 1.165) is 23.2 Å². The molecule has 33 heavy (non-hydrogen) atoms. The Labute approximate surface area is 185 Å². The average molecular weight is 481 g/mol. The number of ether oxygens (including phenoxy) is 1. The second-order valence-electron chi connectivity index (χ2n) is 6.90. The number of nitrogens with one attached hydrogen (secondary N) is 1. The van der Waals surface area contributed by atoms with Crippen molar-refractivity contribution in [3.8, 4) is 5.75 Å². The lowest BCUT2D eigenvalue weighted by Crippen LogP contribution is -2.21. The number of sulfonamides is 1. The van der Waals surface area contributed by atoms with E-state index in [1.807, 2.05) is 4.72 Å². The highest BCUT2D eigenvalue weighted by Crippen LogP contribution is 2.36. The molecule has 1 aliphatic rings. The Bertz CT molecular complexity index is 1350. The summed E-state index contributed by atoms with van der Waals surface area (Å²) in [7, 11) is -3.27. The lowest BCUT2D eigenvalue weighted by molar-refractivity contribution is 0.412. The lowest BCUT2D eigenvalue weighted by atomic mass is 10.1. The lowest BCUT2D eigenvalue weighted by Gasteiger charge is -2.18. The summed E-state index contributed by atoms with van der Waals surface area (Å²) in [5.74, 6) is -4.13. The third kappa shape index (κ3) is 4.44. The summed E-state index contributed by atoms with van der Waals surface area (Å²) in [5.41, 5.74) is -0.770. The predicted octanol–water partition coefficient (Wildman–Crippen LogP) is 4.38. The van der Waals surface area contributed by atoms with Gasteiger partial charge in [0.1, 0.15) is 34.0 Å². The van der Waals surface area contributed by atoms with Gasteiger partial charge in [0.15, 0.2) is 11.6 Å². The van der Waals surface area contributed by atoms with E-state index < -0.39 is 55.6 Å². The van der Waals surface area contributed by atoms with E-state index in [2.05, 4.69) is 15.3 Å². The third-order valence-electron chi connectivity index (χ3n) is 4.75. The molecule has 0 amide bonds. The number of halogens is 4. The van der Waals surface area contributed by atoms with Gasteiger partial charge in [-0.25, -0.2) is 31.0 Å². The van der Waals surface area contributed by atoms with Crippen molar-refractivity contribution in [2.45, 2.75) is 10.9 Å². The highest BCUT2D eigenvalue weighted by Gasteiger charge is 2.30. The normalized spacial score (nSPS) is 15.7. The first kappa shape index (κ1) is 22.5. The predicted molar refractivity (Wildman–Crippen MR) is 109 cm³/mol. The van der Waals surface area contributed by atoms with Gasteiger partial charge in [0, 0.05) is 11.8 Å². The van der Waals surface area contributed by atoms with Gasteiger partial charge < -0.3 is 4.74 Å². The Morgan fingerprint density at radius 1 is 1.06 bits per heavy atom. The van der Waals surface area contributed by atoms with Gasteiger partial charge in [0.25, 0.3) is 10.0 Å². The van der Waals surface area contributed by atoms with Crippen LogP contribution >= 0.6 is 0 Å². The molecule has 1 N–H and O–H groups in total. The molecule has 0 saturated heterocycles. The second-order valence-corrected chi connectivity index (χ2v) is 8.55. The Balaban J connectivity index is 1.63. The molecule has 0 fully saturated rings. The van der Waals surface area contributed by atoms with Crippen LogP contribution in [-0.4, -0.2) is 27.1 Å². The highest BCUT2D eigenvalue weighted by atomic mass is 32.2. The fraction of sp³-hybridized carbons (Fsp3) is 0.150. The molecule has 1 aromatic heterocycles. The Morgan fingerprint density at radius 3 is 2.58 bits per heavy atom. The number of hydrogen-bond donors (Lipinski definition) is 1. The first-order valence-corrected chi connectivity index (χ1v) is 10.8. The molecule has 0 bridgehead atoms. The molecular weight excluding hydrogens is 466 g/mol. The number of pyridine rings is 1. The van der Waals surface area contributed by atoms with Crippen molar-refractivity contribution in [2.75, 3.05) is 23.4 Å². The summed E-state index contributed by atoms with van der Waals surface area (Å²) in [6.45, 7) is -0.0720. The number of nitrogens with zero attached hydrogens (tertiary/aromatic N) is 4. The molecule has 0 spiro atoms. The molecule has 0 saturated carbocycles. The molecule has 1 aliphatic heterocycles. The van der Waals surface area contributed by atoms with Gasteiger partial charge in [0.2, 0.25) is 0 Å². The molecule has 1 unspecified atom stereocenters. The van der Waals surface area contributed by atoms with Crippen molar-refractivity contribution in [2.24, 2.45) is 10.3 Å². The summed E-state index contributed by atoms with van der Waals surface area (Å²) in [6, 6.07) is 4.46. The van der Waals surface area contributed by atoms with Crippen LogP contribution in [0.5, 0.6) is 5.75 Å². The molecule has 172 valence electrons. The van der Waals surface area contributed by atoms with E-state index in [1.54, 1.807) is 6.07 Å². The largest absolute Gasteiger partial charge is 0.495 e. The van der Waals surface area contributed by atoms with Crippen molar-refractivity contribution in [1.29, 1.82) is 0 Å². The molecule has 0 radical (unpaired) electrons. The SMILES string of the molecule is COc1cncc(C2CN(c3c(F)ccc(NS(=O)(=O)c4cc(F)ccc4F)c3F)N=N2)c1. The zero-order valence-electron chi connectivity index (χ0n) is 16.8. The monoisotopic (exact) mass is 481 g/mol. The summed E-state index contributed by atoms with van der Waals surface area (Å²) in [5, 5.41) is 8.70. The molecule has 0 aliphatic carbocycles. The zero-order chi connectivity index (χ0) is 23.8. The summed E-state index contributed by atoms with van der Waals surface area (Å²) >= 11 is 0. The van der Waals surface area contributed by atoms with Gasteiger partial charge in [-0.1, -0.05) is 5.22 Å². The first-order valence-electron chi connectivity index (χ1n) is 9.32. The van der Waals surface area contributed by atoms with Gasteiger partial charge in [0.05, 0.1) is 25.5 Å². The number of benzene rings is 2. The molecule has 2 heterocycles. The zero-order valence-corrected chi connectivity index (χ0v) is 17.7. The van der Waals surface area contributed by atoms with Crippen LogP contribution in [0.2, 0.25) is 0 Å². The minimum atomic E-state index is -4.73. The number of methoxy groups -OCH3 is 1.